The molecule has 1 aliphatic heterocycles. The van der Waals surface area contributed by atoms with Crippen LogP contribution in [0.3, 0.4) is 0 Å². The van der Waals surface area contributed by atoms with Gasteiger partial charge in [-0.05, 0) is 27.7 Å². The molecule has 1 unspecified atom stereocenters. The second kappa shape index (κ2) is 2.74. The molecule has 0 aliphatic carbocycles. The molecular weight excluding hydrogens is 142 g/mol. The lowest BCUT2D eigenvalue weighted by Crippen LogP contribution is -2.43. The van der Waals surface area contributed by atoms with Crippen molar-refractivity contribution in [2.24, 2.45) is 0 Å². The number of rotatable bonds is 0. The fourth-order valence-electron chi connectivity index (χ4n) is 1.39. The van der Waals surface area contributed by atoms with Gasteiger partial charge in [-0.3, -0.25) is 4.90 Å². The van der Waals surface area contributed by atoms with Gasteiger partial charge in [0.1, 0.15) is 0 Å². The molecule has 1 nitrogen and oxygen atoms in total. The normalized spacial score (nSPS) is 29.4. The van der Waals surface area contributed by atoms with Gasteiger partial charge in [0.2, 0.25) is 0 Å². The molecule has 1 atom stereocenters. The minimum atomic E-state index is 0.364. The molecule has 1 heterocycles. The van der Waals surface area contributed by atoms with Gasteiger partial charge < -0.3 is 0 Å². The van der Waals surface area contributed by atoms with Crippen LogP contribution in [0.4, 0.5) is 0 Å². The van der Waals surface area contributed by atoms with E-state index in [0.717, 1.165) is 6.04 Å². The summed E-state index contributed by atoms with van der Waals surface area (Å²) in [5.74, 6) is 2.52. The van der Waals surface area contributed by atoms with Crippen molar-refractivity contribution in [2.45, 2.75) is 39.3 Å². The summed E-state index contributed by atoms with van der Waals surface area (Å²) in [5.41, 5.74) is 0.364. The zero-order chi connectivity index (χ0) is 7.78. The quantitative estimate of drug-likeness (QED) is 0.533. The lowest BCUT2D eigenvalue weighted by Gasteiger charge is -2.34. The second-order valence-corrected chi connectivity index (χ2v) is 4.99. The summed E-state index contributed by atoms with van der Waals surface area (Å²) in [6.45, 7) is 9.17. The Morgan fingerprint density at radius 1 is 1.40 bits per heavy atom. The van der Waals surface area contributed by atoms with Gasteiger partial charge in [-0.15, -0.1) is 11.8 Å². The highest BCUT2D eigenvalue weighted by molar-refractivity contribution is 7.99. The molecule has 0 N–H and O–H groups in total. The minimum Gasteiger partial charge on any atom is -0.286 e. The fourth-order valence-corrected chi connectivity index (χ4v) is 2.86. The summed E-state index contributed by atoms with van der Waals surface area (Å²) in [7, 11) is 0. The number of hydrogen-bond acceptors (Lipinski definition) is 2. The maximum Gasteiger partial charge on any atom is 0.0453 e. The smallest absolute Gasteiger partial charge is 0.0453 e. The van der Waals surface area contributed by atoms with E-state index in [0.29, 0.717) is 5.54 Å². The molecule has 10 heavy (non-hydrogen) atoms. The average molecular weight is 159 g/mol. The highest BCUT2D eigenvalue weighted by Crippen LogP contribution is 2.27. The van der Waals surface area contributed by atoms with E-state index in [9.17, 15) is 0 Å². The van der Waals surface area contributed by atoms with Crippen molar-refractivity contribution >= 4 is 11.8 Å². The zero-order valence-corrected chi connectivity index (χ0v) is 8.16. The fraction of sp³-hybridized carbons (Fsp3) is 1.00. The minimum absolute atomic E-state index is 0.364. The van der Waals surface area contributed by atoms with Crippen LogP contribution in [0.25, 0.3) is 0 Å². The molecular formula is C8H17NS. The third-order valence-corrected chi connectivity index (χ3v) is 3.16. The Morgan fingerprint density at radius 3 is 2.20 bits per heavy atom. The number of thioether (sulfide) groups is 1. The molecule has 0 spiro atoms. The van der Waals surface area contributed by atoms with Crippen LogP contribution in [-0.4, -0.2) is 28.1 Å². The van der Waals surface area contributed by atoms with E-state index in [1.54, 1.807) is 0 Å². The molecule has 0 bridgehead atoms. The lowest BCUT2D eigenvalue weighted by atomic mass is 10.1. The van der Waals surface area contributed by atoms with E-state index >= 15 is 0 Å². The van der Waals surface area contributed by atoms with Crippen molar-refractivity contribution in [3.63, 3.8) is 0 Å². The first-order chi connectivity index (χ1) is 4.52. The molecule has 60 valence electrons. The van der Waals surface area contributed by atoms with Crippen LogP contribution in [-0.2, 0) is 0 Å². The van der Waals surface area contributed by atoms with Crippen molar-refractivity contribution in [1.29, 1.82) is 0 Å². The van der Waals surface area contributed by atoms with Crippen molar-refractivity contribution < 1.29 is 0 Å². The molecule has 0 aromatic rings. The van der Waals surface area contributed by atoms with Gasteiger partial charge in [0.05, 0.1) is 0 Å². The standard InChI is InChI=1S/C8H17NS/c1-7-5-10-6-9(7)8(2,3)4/h7H,5-6H2,1-4H3. The number of hydrogen-bond donors (Lipinski definition) is 0. The Hall–Kier alpha value is 0.310. The van der Waals surface area contributed by atoms with E-state index < -0.39 is 0 Å². The van der Waals surface area contributed by atoms with Gasteiger partial charge in [-0.2, -0.15) is 0 Å². The van der Waals surface area contributed by atoms with Gasteiger partial charge in [0.25, 0.3) is 0 Å². The molecule has 1 fully saturated rings. The molecule has 1 saturated heterocycles. The predicted molar refractivity (Wildman–Crippen MR) is 48.4 cm³/mol. The Labute approximate surface area is 68.2 Å². The Kier molecular flexibility index (Phi) is 2.31. The predicted octanol–water partition coefficient (Wildman–Crippen LogP) is 2.18. The third-order valence-electron chi connectivity index (χ3n) is 1.98. The first-order valence-corrected chi connectivity index (χ1v) is 5.02. The van der Waals surface area contributed by atoms with Crippen LogP contribution in [0.5, 0.6) is 0 Å². The van der Waals surface area contributed by atoms with Crippen LogP contribution < -0.4 is 0 Å². The Bertz CT molecular complexity index is 117. The van der Waals surface area contributed by atoms with Crippen LogP contribution in [0.2, 0.25) is 0 Å². The molecule has 0 amide bonds. The summed E-state index contributed by atoms with van der Waals surface area (Å²) in [5, 5.41) is 0. The summed E-state index contributed by atoms with van der Waals surface area (Å²) < 4.78 is 0. The summed E-state index contributed by atoms with van der Waals surface area (Å²) in [6, 6.07) is 0.769. The van der Waals surface area contributed by atoms with E-state index in [4.69, 9.17) is 0 Å². The van der Waals surface area contributed by atoms with Crippen molar-refractivity contribution in [3.05, 3.63) is 0 Å². The largest absolute Gasteiger partial charge is 0.286 e. The Balaban J connectivity index is 2.55. The summed E-state index contributed by atoms with van der Waals surface area (Å²) in [6.07, 6.45) is 0. The highest BCUT2D eigenvalue weighted by atomic mass is 32.2. The maximum atomic E-state index is 2.55. The highest BCUT2D eigenvalue weighted by Gasteiger charge is 2.29. The van der Waals surface area contributed by atoms with Gasteiger partial charge in [-0.1, -0.05) is 0 Å². The van der Waals surface area contributed by atoms with Gasteiger partial charge in [0.15, 0.2) is 0 Å². The van der Waals surface area contributed by atoms with Crippen LogP contribution in [0, 0.1) is 0 Å². The topological polar surface area (TPSA) is 3.24 Å². The van der Waals surface area contributed by atoms with Crippen LogP contribution in [0.15, 0.2) is 0 Å². The average Bonchev–Trinajstić information content (AvgIpc) is 2.11. The summed E-state index contributed by atoms with van der Waals surface area (Å²) in [4.78, 5) is 2.55. The van der Waals surface area contributed by atoms with E-state index in [-0.39, 0.29) is 0 Å². The van der Waals surface area contributed by atoms with Crippen LogP contribution >= 0.6 is 11.8 Å². The first kappa shape index (κ1) is 8.41. The van der Waals surface area contributed by atoms with Crippen molar-refractivity contribution in [1.82, 2.24) is 4.90 Å². The molecule has 0 saturated carbocycles. The maximum absolute atomic E-state index is 2.55. The van der Waals surface area contributed by atoms with Gasteiger partial charge in [0, 0.05) is 23.2 Å². The lowest BCUT2D eigenvalue weighted by molar-refractivity contribution is 0.139. The van der Waals surface area contributed by atoms with Crippen molar-refractivity contribution in [2.75, 3.05) is 11.6 Å². The Morgan fingerprint density at radius 2 is 2.00 bits per heavy atom. The molecule has 2 heteroatoms. The van der Waals surface area contributed by atoms with Gasteiger partial charge >= 0.3 is 0 Å². The van der Waals surface area contributed by atoms with E-state index in [1.807, 2.05) is 11.8 Å². The monoisotopic (exact) mass is 159 g/mol. The SMILES string of the molecule is CC1CSCN1C(C)(C)C. The first-order valence-electron chi connectivity index (χ1n) is 3.86. The van der Waals surface area contributed by atoms with E-state index in [2.05, 4.69) is 32.6 Å². The van der Waals surface area contributed by atoms with Crippen molar-refractivity contribution in [3.8, 4) is 0 Å². The van der Waals surface area contributed by atoms with Gasteiger partial charge in [-0.25, -0.2) is 0 Å². The third kappa shape index (κ3) is 1.67. The molecule has 1 rings (SSSR count). The second-order valence-electron chi connectivity index (χ2n) is 3.99. The zero-order valence-electron chi connectivity index (χ0n) is 7.35. The summed E-state index contributed by atoms with van der Waals surface area (Å²) >= 11 is 2.04. The molecule has 0 aromatic heterocycles. The molecule has 0 radical (unpaired) electrons. The molecule has 1 aliphatic rings. The van der Waals surface area contributed by atoms with E-state index in [1.165, 1.54) is 11.6 Å². The number of nitrogens with zero attached hydrogens (tertiary/aromatic N) is 1. The molecule has 0 aromatic carbocycles. The van der Waals surface area contributed by atoms with Crippen LogP contribution in [0.1, 0.15) is 27.7 Å².